The van der Waals surface area contributed by atoms with Crippen LogP contribution in [0.5, 0.6) is 11.5 Å². The molecule has 7 heteroatoms. The van der Waals surface area contributed by atoms with E-state index in [1.54, 1.807) is 11.0 Å². The van der Waals surface area contributed by atoms with Gasteiger partial charge in [0, 0.05) is 13.1 Å². The van der Waals surface area contributed by atoms with E-state index in [4.69, 9.17) is 4.74 Å². The highest BCUT2D eigenvalue weighted by atomic mass is 127. The van der Waals surface area contributed by atoms with Gasteiger partial charge in [-0.2, -0.15) is 0 Å². The Balaban J connectivity index is 2.39. The molecule has 0 aromatic heterocycles. The van der Waals surface area contributed by atoms with Crippen LogP contribution in [0.15, 0.2) is 22.0 Å². The number of hydrogen-bond acceptors (Lipinski definition) is 5. The van der Waals surface area contributed by atoms with Crippen LogP contribution in [0.4, 0.5) is 0 Å². The zero-order valence-electron chi connectivity index (χ0n) is 13.3. The summed E-state index contributed by atoms with van der Waals surface area (Å²) in [7, 11) is 0. The molecule has 1 amide bonds. The minimum absolute atomic E-state index is 0.0363. The number of amides is 1. The summed E-state index contributed by atoms with van der Waals surface area (Å²) >= 11 is 3.43. The van der Waals surface area contributed by atoms with E-state index >= 15 is 0 Å². The maximum atomic E-state index is 12.5. The number of carbonyl (C=O) groups excluding carboxylic acids is 1. The summed E-state index contributed by atoms with van der Waals surface area (Å²) in [6.45, 7) is 7.45. The molecule has 0 aliphatic carbocycles. The Morgan fingerprint density at radius 1 is 1.39 bits per heavy atom. The number of ether oxygens (including phenoxy) is 1. The molecule has 0 unspecified atom stereocenters. The van der Waals surface area contributed by atoms with Crippen molar-refractivity contribution in [2.24, 2.45) is 4.99 Å². The molecule has 1 aromatic carbocycles. The van der Waals surface area contributed by atoms with Crippen molar-refractivity contribution in [3.05, 3.63) is 26.2 Å². The van der Waals surface area contributed by atoms with E-state index in [9.17, 15) is 9.90 Å². The smallest absolute Gasteiger partial charge is 0.266 e. The summed E-state index contributed by atoms with van der Waals surface area (Å²) in [5.41, 5.74) is 0.820. The number of hydrogen-bond donors (Lipinski definition) is 1. The molecule has 1 fully saturated rings. The number of likely N-dealkylation sites (N-methyl/N-ethyl adjacent to an activating group) is 1. The molecule has 0 saturated carbocycles. The summed E-state index contributed by atoms with van der Waals surface area (Å²) in [5.74, 6) is 0.519. The van der Waals surface area contributed by atoms with Gasteiger partial charge in [0.15, 0.2) is 16.7 Å². The first-order valence-corrected chi connectivity index (χ1v) is 9.32. The predicted octanol–water partition coefficient (Wildman–Crippen LogP) is 3.71. The quantitative estimate of drug-likeness (QED) is 0.554. The Kier molecular flexibility index (Phi) is 6.34. The van der Waals surface area contributed by atoms with Gasteiger partial charge in [0.2, 0.25) is 0 Å². The van der Waals surface area contributed by atoms with E-state index in [1.165, 1.54) is 11.8 Å². The van der Waals surface area contributed by atoms with E-state index in [1.807, 2.05) is 32.9 Å². The molecule has 0 atom stereocenters. The van der Waals surface area contributed by atoms with Gasteiger partial charge in [0.25, 0.3) is 5.91 Å². The standard InChI is InChI=1S/C16H19IN2O3S/c1-4-18-16-19(5-2)15(21)13(23-16)9-10-7-11(17)14(20)12(8-10)22-6-3/h7-9,20H,4-6H2,1-3H3. The number of nitrogens with zero attached hydrogens (tertiary/aromatic N) is 2. The van der Waals surface area contributed by atoms with Crippen molar-refractivity contribution in [1.29, 1.82) is 0 Å². The molecule has 1 aliphatic rings. The van der Waals surface area contributed by atoms with E-state index in [0.717, 1.165) is 10.7 Å². The second kappa shape index (κ2) is 8.05. The highest BCUT2D eigenvalue weighted by Gasteiger charge is 2.31. The normalized spacial score (nSPS) is 18.3. The van der Waals surface area contributed by atoms with Crippen molar-refractivity contribution in [2.45, 2.75) is 20.8 Å². The lowest BCUT2D eigenvalue weighted by Gasteiger charge is -2.11. The molecule has 2 rings (SSSR count). The summed E-state index contributed by atoms with van der Waals surface area (Å²) in [6.07, 6.45) is 1.82. The molecule has 5 nitrogen and oxygen atoms in total. The number of rotatable bonds is 5. The summed E-state index contributed by atoms with van der Waals surface area (Å²) in [6, 6.07) is 3.57. The van der Waals surface area contributed by atoms with E-state index in [-0.39, 0.29) is 11.7 Å². The van der Waals surface area contributed by atoms with Crippen LogP contribution in [-0.2, 0) is 4.79 Å². The topological polar surface area (TPSA) is 62.1 Å². The van der Waals surface area contributed by atoms with Crippen molar-refractivity contribution in [3.8, 4) is 11.5 Å². The van der Waals surface area contributed by atoms with Crippen molar-refractivity contribution >= 4 is 51.5 Å². The Labute approximate surface area is 153 Å². The lowest BCUT2D eigenvalue weighted by molar-refractivity contribution is -0.122. The van der Waals surface area contributed by atoms with Gasteiger partial charge in [-0.3, -0.25) is 14.7 Å². The van der Waals surface area contributed by atoms with Gasteiger partial charge < -0.3 is 9.84 Å². The number of benzene rings is 1. The lowest BCUT2D eigenvalue weighted by Crippen LogP contribution is -2.28. The number of thioether (sulfide) groups is 1. The zero-order chi connectivity index (χ0) is 17.0. The average Bonchev–Trinajstić information content (AvgIpc) is 2.80. The largest absolute Gasteiger partial charge is 0.504 e. The van der Waals surface area contributed by atoms with Crippen LogP contribution in [-0.4, -0.2) is 40.8 Å². The first-order chi connectivity index (χ1) is 11.0. The molecule has 0 radical (unpaired) electrons. The maximum absolute atomic E-state index is 12.5. The van der Waals surface area contributed by atoms with Crippen LogP contribution >= 0.6 is 34.4 Å². The number of phenols is 1. The second-order valence-electron chi connectivity index (χ2n) is 4.70. The third kappa shape index (κ3) is 4.00. The molecule has 124 valence electrons. The Bertz CT molecular complexity index is 674. The van der Waals surface area contributed by atoms with Crippen LogP contribution in [0.1, 0.15) is 26.3 Å². The summed E-state index contributed by atoms with van der Waals surface area (Å²) < 4.78 is 6.13. The predicted molar refractivity (Wildman–Crippen MR) is 103 cm³/mol. The highest BCUT2D eigenvalue weighted by molar-refractivity contribution is 14.1. The van der Waals surface area contributed by atoms with Crippen molar-refractivity contribution in [3.63, 3.8) is 0 Å². The van der Waals surface area contributed by atoms with E-state index < -0.39 is 0 Å². The molecule has 1 N–H and O–H groups in total. The van der Waals surface area contributed by atoms with E-state index in [0.29, 0.717) is 33.9 Å². The van der Waals surface area contributed by atoms with Crippen LogP contribution in [0.3, 0.4) is 0 Å². The first-order valence-electron chi connectivity index (χ1n) is 7.42. The zero-order valence-corrected chi connectivity index (χ0v) is 16.3. The van der Waals surface area contributed by atoms with Gasteiger partial charge in [-0.05, 0) is 78.9 Å². The fourth-order valence-corrected chi connectivity index (χ4v) is 3.86. The van der Waals surface area contributed by atoms with Crippen molar-refractivity contribution in [1.82, 2.24) is 4.90 Å². The molecule has 1 heterocycles. The van der Waals surface area contributed by atoms with E-state index in [2.05, 4.69) is 27.6 Å². The minimum atomic E-state index is -0.0363. The molecule has 23 heavy (non-hydrogen) atoms. The van der Waals surface area contributed by atoms with Gasteiger partial charge in [0.1, 0.15) is 0 Å². The number of halogens is 1. The summed E-state index contributed by atoms with van der Waals surface area (Å²) in [5, 5.41) is 10.7. The van der Waals surface area contributed by atoms with Gasteiger partial charge in [-0.15, -0.1) is 0 Å². The number of aliphatic imine (C=N–C) groups is 1. The third-order valence-electron chi connectivity index (χ3n) is 3.15. The molecule has 0 bridgehead atoms. The molecular weight excluding hydrogens is 427 g/mol. The van der Waals surface area contributed by atoms with Crippen LogP contribution in [0.2, 0.25) is 0 Å². The number of phenolic OH excluding ortho intramolecular Hbond substituents is 1. The van der Waals surface area contributed by atoms with Gasteiger partial charge in [-0.1, -0.05) is 0 Å². The van der Waals surface area contributed by atoms with Crippen LogP contribution in [0.25, 0.3) is 6.08 Å². The highest BCUT2D eigenvalue weighted by Crippen LogP contribution is 2.36. The lowest BCUT2D eigenvalue weighted by atomic mass is 10.2. The second-order valence-corrected chi connectivity index (χ2v) is 6.87. The fourth-order valence-electron chi connectivity index (χ4n) is 2.13. The summed E-state index contributed by atoms with van der Waals surface area (Å²) in [4.78, 5) is 19.1. The molecular formula is C16H19IN2O3S. The Morgan fingerprint density at radius 2 is 2.13 bits per heavy atom. The minimum Gasteiger partial charge on any atom is -0.504 e. The monoisotopic (exact) mass is 446 g/mol. The van der Waals surface area contributed by atoms with Gasteiger partial charge >= 0.3 is 0 Å². The number of carbonyl (C=O) groups is 1. The molecule has 1 aromatic rings. The molecule has 1 aliphatic heterocycles. The third-order valence-corrected chi connectivity index (χ3v) is 5.01. The van der Waals surface area contributed by atoms with Crippen molar-refractivity contribution < 1.29 is 14.6 Å². The average molecular weight is 446 g/mol. The van der Waals surface area contributed by atoms with Gasteiger partial charge in [0.05, 0.1) is 15.1 Å². The molecule has 1 saturated heterocycles. The maximum Gasteiger partial charge on any atom is 0.266 e. The fraction of sp³-hybridized carbons (Fsp3) is 0.375. The van der Waals surface area contributed by atoms with Crippen molar-refractivity contribution in [2.75, 3.05) is 19.7 Å². The SMILES string of the molecule is CCN=C1SC(=Cc2cc(I)c(O)c(OCC)c2)C(=O)N1CC. The number of aromatic hydroxyl groups is 1. The first kappa shape index (κ1) is 18.1. The Morgan fingerprint density at radius 3 is 2.74 bits per heavy atom. The van der Waals surface area contributed by atoms with Crippen LogP contribution in [0, 0.1) is 3.57 Å². The van der Waals surface area contributed by atoms with Gasteiger partial charge in [-0.25, -0.2) is 0 Å². The number of amidine groups is 1. The molecule has 0 spiro atoms. The Hall–Kier alpha value is -1.22. The van der Waals surface area contributed by atoms with Crippen LogP contribution < -0.4 is 4.74 Å².